The lowest BCUT2D eigenvalue weighted by Crippen LogP contribution is -2.41. The molecule has 122 valence electrons. The molecule has 7 heteroatoms. The summed E-state index contributed by atoms with van der Waals surface area (Å²) < 4.78 is 0. The Balaban J connectivity index is 0. The number of carbonyl (C=O) groups excluding carboxylic acids is 1. The van der Waals surface area contributed by atoms with Crippen molar-refractivity contribution in [3.8, 4) is 0 Å². The summed E-state index contributed by atoms with van der Waals surface area (Å²) in [4.78, 5) is 17.7. The van der Waals surface area contributed by atoms with Gasteiger partial charge >= 0.3 is 0 Å². The van der Waals surface area contributed by atoms with Crippen LogP contribution in [0.2, 0.25) is 0 Å². The summed E-state index contributed by atoms with van der Waals surface area (Å²) >= 11 is 0. The van der Waals surface area contributed by atoms with Gasteiger partial charge in [0, 0.05) is 12.7 Å². The fraction of sp³-hybridized carbons (Fsp3) is 0.571. The van der Waals surface area contributed by atoms with Crippen molar-refractivity contribution in [2.45, 2.75) is 31.8 Å². The third-order valence-corrected chi connectivity index (χ3v) is 2.95. The minimum absolute atomic E-state index is 0. The Bertz CT molecular complexity index is 376. The third kappa shape index (κ3) is 10.5. The average Bonchev–Trinajstić information content (AvgIpc) is 2.38. The van der Waals surface area contributed by atoms with Crippen molar-refractivity contribution in [2.24, 2.45) is 5.73 Å². The van der Waals surface area contributed by atoms with E-state index in [0.29, 0.717) is 6.54 Å². The number of rotatable bonds is 9. The summed E-state index contributed by atoms with van der Waals surface area (Å²) in [5.41, 5.74) is 6.33. The third-order valence-electron chi connectivity index (χ3n) is 2.95. The van der Waals surface area contributed by atoms with Crippen molar-refractivity contribution >= 4 is 30.7 Å². The first-order valence-electron chi connectivity index (χ1n) is 6.67. The highest BCUT2D eigenvalue weighted by Crippen LogP contribution is 2.03. The second kappa shape index (κ2) is 12.8. The van der Waals surface area contributed by atoms with E-state index in [0.717, 1.165) is 31.5 Å². The van der Waals surface area contributed by atoms with Gasteiger partial charge in [0.2, 0.25) is 5.91 Å². The molecule has 1 rings (SSSR count). The first kappa shape index (κ1) is 22.4. The molecular formula is C14H26Cl2N4O. The summed E-state index contributed by atoms with van der Waals surface area (Å²) in [6.45, 7) is 1.61. The van der Waals surface area contributed by atoms with Gasteiger partial charge in [-0.1, -0.05) is 12.5 Å². The zero-order chi connectivity index (χ0) is 14.1. The van der Waals surface area contributed by atoms with Gasteiger partial charge in [0.15, 0.2) is 0 Å². The maximum Gasteiger partial charge on any atom is 0.234 e. The lowest BCUT2D eigenvalue weighted by atomic mass is 10.1. The van der Waals surface area contributed by atoms with Gasteiger partial charge in [0.25, 0.3) is 0 Å². The van der Waals surface area contributed by atoms with Crippen LogP contribution in [0, 0.1) is 0 Å². The molecule has 0 saturated heterocycles. The normalized spacial score (nSPS) is 11.4. The molecule has 1 unspecified atom stereocenters. The van der Waals surface area contributed by atoms with E-state index < -0.39 is 0 Å². The van der Waals surface area contributed by atoms with E-state index >= 15 is 0 Å². The quantitative estimate of drug-likeness (QED) is 0.672. The molecule has 3 N–H and O–H groups in total. The largest absolute Gasteiger partial charge is 0.368 e. The van der Waals surface area contributed by atoms with Crippen molar-refractivity contribution in [3.05, 3.63) is 30.1 Å². The number of primary amides is 1. The predicted molar refractivity (Wildman–Crippen MR) is 91.0 cm³/mol. The smallest absolute Gasteiger partial charge is 0.234 e. The molecule has 5 nitrogen and oxygen atoms in total. The van der Waals surface area contributed by atoms with E-state index in [9.17, 15) is 4.79 Å². The summed E-state index contributed by atoms with van der Waals surface area (Å²) in [6, 6.07) is 5.46. The van der Waals surface area contributed by atoms with Crippen LogP contribution in [-0.4, -0.2) is 42.5 Å². The molecule has 0 bridgehead atoms. The minimum atomic E-state index is -0.291. The molecule has 1 aromatic rings. The zero-order valence-corrected chi connectivity index (χ0v) is 14.3. The number of nitrogens with zero attached hydrogens (tertiary/aromatic N) is 2. The molecule has 1 aromatic heterocycles. The molecule has 0 aromatic carbocycles. The molecule has 0 aliphatic heterocycles. The maximum atomic E-state index is 11.4. The topological polar surface area (TPSA) is 71.2 Å². The number of nitrogens with two attached hydrogens (primary N) is 1. The predicted octanol–water partition coefficient (Wildman–Crippen LogP) is 1.60. The zero-order valence-electron chi connectivity index (χ0n) is 12.6. The van der Waals surface area contributed by atoms with Crippen LogP contribution < -0.4 is 11.1 Å². The molecule has 1 atom stereocenters. The number of amides is 1. The summed E-state index contributed by atoms with van der Waals surface area (Å²) in [5, 5.41) is 3.17. The number of hydrogen-bond donors (Lipinski definition) is 2. The van der Waals surface area contributed by atoms with Gasteiger partial charge in [-0.3, -0.25) is 9.78 Å². The standard InChI is InChI=1S/C14H24N4O.2ClH/c1-18(2)10-6-4-8-13(14(15)19)17-11-12-7-3-5-9-16-12;;/h3,5,7,9,13,17H,4,6,8,10-11H2,1-2H3,(H2,15,19);2*1H. The fourth-order valence-corrected chi connectivity index (χ4v) is 1.85. The van der Waals surface area contributed by atoms with Crippen LogP contribution in [0.4, 0.5) is 0 Å². The molecule has 0 aliphatic carbocycles. The molecule has 0 fully saturated rings. The minimum Gasteiger partial charge on any atom is -0.368 e. The molecule has 0 radical (unpaired) electrons. The first-order chi connectivity index (χ1) is 9.09. The maximum absolute atomic E-state index is 11.4. The van der Waals surface area contributed by atoms with Crippen molar-refractivity contribution in [2.75, 3.05) is 20.6 Å². The van der Waals surface area contributed by atoms with E-state index in [-0.39, 0.29) is 36.8 Å². The highest BCUT2D eigenvalue weighted by Gasteiger charge is 2.14. The van der Waals surface area contributed by atoms with Crippen LogP contribution >= 0.6 is 24.8 Å². The lowest BCUT2D eigenvalue weighted by molar-refractivity contribution is -0.120. The average molecular weight is 337 g/mol. The van der Waals surface area contributed by atoms with E-state index in [2.05, 4.69) is 15.2 Å². The Morgan fingerprint density at radius 1 is 1.33 bits per heavy atom. The van der Waals surface area contributed by atoms with Crippen molar-refractivity contribution in [1.29, 1.82) is 0 Å². The van der Waals surface area contributed by atoms with E-state index in [4.69, 9.17) is 5.73 Å². The van der Waals surface area contributed by atoms with Crippen LogP contribution in [0.5, 0.6) is 0 Å². The Labute approximate surface area is 139 Å². The van der Waals surface area contributed by atoms with Gasteiger partial charge in [-0.05, 0) is 45.6 Å². The molecule has 1 amide bonds. The van der Waals surface area contributed by atoms with Crippen LogP contribution in [-0.2, 0) is 11.3 Å². The summed E-state index contributed by atoms with van der Waals surface area (Å²) in [5.74, 6) is -0.291. The SMILES string of the molecule is CN(C)CCCCC(NCc1ccccn1)C(N)=O.Cl.Cl. The van der Waals surface area contributed by atoms with E-state index in [1.54, 1.807) is 6.20 Å². The van der Waals surface area contributed by atoms with Crippen molar-refractivity contribution < 1.29 is 4.79 Å². The Kier molecular flexibility index (Phi) is 13.7. The van der Waals surface area contributed by atoms with E-state index in [1.807, 2.05) is 32.3 Å². The number of unbranched alkanes of at least 4 members (excludes halogenated alkanes) is 1. The number of pyridine rings is 1. The molecule has 0 aliphatic rings. The van der Waals surface area contributed by atoms with Crippen molar-refractivity contribution in [1.82, 2.24) is 15.2 Å². The number of halogens is 2. The number of hydrogen-bond acceptors (Lipinski definition) is 4. The van der Waals surface area contributed by atoms with Gasteiger partial charge in [-0.25, -0.2) is 0 Å². The second-order valence-corrected chi connectivity index (χ2v) is 4.96. The van der Waals surface area contributed by atoms with Gasteiger partial charge in [0.05, 0.1) is 11.7 Å². The van der Waals surface area contributed by atoms with Crippen LogP contribution in [0.3, 0.4) is 0 Å². The summed E-state index contributed by atoms with van der Waals surface area (Å²) in [6.07, 6.45) is 4.58. The fourth-order valence-electron chi connectivity index (χ4n) is 1.85. The number of carbonyl (C=O) groups is 1. The highest BCUT2D eigenvalue weighted by atomic mass is 35.5. The number of aromatic nitrogens is 1. The Hall–Kier alpha value is -0.880. The van der Waals surface area contributed by atoms with Crippen LogP contribution in [0.1, 0.15) is 25.0 Å². The van der Waals surface area contributed by atoms with Gasteiger partial charge in [0.1, 0.15) is 0 Å². The second-order valence-electron chi connectivity index (χ2n) is 4.96. The Morgan fingerprint density at radius 3 is 2.57 bits per heavy atom. The first-order valence-corrected chi connectivity index (χ1v) is 6.67. The molecule has 21 heavy (non-hydrogen) atoms. The molecule has 0 spiro atoms. The summed E-state index contributed by atoms with van der Waals surface area (Å²) in [7, 11) is 4.09. The van der Waals surface area contributed by atoms with Crippen LogP contribution in [0.25, 0.3) is 0 Å². The van der Waals surface area contributed by atoms with Gasteiger partial charge < -0.3 is 16.0 Å². The number of nitrogens with one attached hydrogen (secondary N) is 1. The Morgan fingerprint density at radius 2 is 2.05 bits per heavy atom. The lowest BCUT2D eigenvalue weighted by Gasteiger charge is -2.16. The van der Waals surface area contributed by atoms with Gasteiger partial charge in [-0.15, -0.1) is 24.8 Å². The highest BCUT2D eigenvalue weighted by molar-refractivity contribution is 5.85. The van der Waals surface area contributed by atoms with Gasteiger partial charge in [-0.2, -0.15) is 0 Å². The van der Waals surface area contributed by atoms with Crippen LogP contribution in [0.15, 0.2) is 24.4 Å². The molecule has 1 heterocycles. The molecular weight excluding hydrogens is 311 g/mol. The van der Waals surface area contributed by atoms with E-state index in [1.165, 1.54) is 0 Å². The van der Waals surface area contributed by atoms with Crippen molar-refractivity contribution in [3.63, 3.8) is 0 Å². The monoisotopic (exact) mass is 336 g/mol. The molecule has 0 saturated carbocycles.